The number of aryl methyl sites for hydroxylation is 2. The molecule has 0 aliphatic rings. The van der Waals surface area contributed by atoms with Gasteiger partial charge in [0.1, 0.15) is 23.8 Å². The van der Waals surface area contributed by atoms with Crippen molar-refractivity contribution in [3.05, 3.63) is 82.6 Å². The predicted molar refractivity (Wildman–Crippen MR) is 122 cm³/mol. The van der Waals surface area contributed by atoms with Crippen LogP contribution in [0.25, 0.3) is 0 Å². The molecule has 1 aromatic heterocycles. The summed E-state index contributed by atoms with van der Waals surface area (Å²) >= 11 is 6.07. The van der Waals surface area contributed by atoms with Crippen molar-refractivity contribution < 1.29 is 24.5 Å². The molecular formula is C24H23ClN2O5. The van der Waals surface area contributed by atoms with Gasteiger partial charge in [-0.3, -0.25) is 14.6 Å². The molecule has 0 saturated heterocycles. The number of aromatic hydroxyl groups is 1. The quantitative estimate of drug-likeness (QED) is 0.494. The third-order valence-corrected chi connectivity index (χ3v) is 5.03. The van der Waals surface area contributed by atoms with Crippen molar-refractivity contribution in [1.82, 2.24) is 4.98 Å². The molecule has 0 saturated carbocycles. The van der Waals surface area contributed by atoms with E-state index < -0.39 is 5.97 Å². The number of carboxylic acids is 1. The molecule has 166 valence electrons. The van der Waals surface area contributed by atoms with Crippen LogP contribution in [-0.2, 0) is 11.2 Å². The van der Waals surface area contributed by atoms with Crippen LogP contribution in [0.15, 0.2) is 60.8 Å². The van der Waals surface area contributed by atoms with Gasteiger partial charge in [0.25, 0.3) is 5.91 Å². The average Bonchev–Trinajstić information content (AvgIpc) is 2.75. The second-order valence-electron chi connectivity index (χ2n) is 7.17. The summed E-state index contributed by atoms with van der Waals surface area (Å²) in [6, 6.07) is 14.9. The van der Waals surface area contributed by atoms with E-state index in [1.54, 1.807) is 30.3 Å². The second-order valence-corrected chi connectivity index (χ2v) is 7.61. The van der Waals surface area contributed by atoms with Gasteiger partial charge in [-0.1, -0.05) is 23.7 Å². The fraction of sp³-hybridized carbons (Fsp3) is 0.208. The van der Waals surface area contributed by atoms with Crippen LogP contribution in [0.1, 0.15) is 28.0 Å². The molecule has 1 amide bonds. The second kappa shape index (κ2) is 10.6. The number of pyridine rings is 1. The largest absolute Gasteiger partial charge is 0.508 e. The number of halogens is 1. The number of carbonyl (C=O) groups is 2. The molecule has 0 atom stereocenters. The molecule has 1 heterocycles. The third-order valence-electron chi connectivity index (χ3n) is 4.81. The number of carboxylic acid groups (broad SMARTS) is 1. The van der Waals surface area contributed by atoms with Crippen LogP contribution < -0.4 is 9.64 Å². The Morgan fingerprint density at radius 2 is 1.94 bits per heavy atom. The van der Waals surface area contributed by atoms with E-state index in [9.17, 15) is 14.7 Å². The number of hydrogen-bond acceptors (Lipinski definition) is 5. The molecule has 7 nitrogen and oxygen atoms in total. The minimum Gasteiger partial charge on any atom is -0.508 e. The van der Waals surface area contributed by atoms with Gasteiger partial charge in [-0.25, -0.2) is 0 Å². The summed E-state index contributed by atoms with van der Waals surface area (Å²) in [5.41, 5.74) is 2.56. The standard InChI is InChI=1S/C24H23ClN2O5/c1-16-12-21(7-5-17(16)6-8-23(29)30)32-11-10-27(19-13-18(25)14-20(28)15-19)24(31)22-4-2-3-9-26-22/h2-5,7,9,12-15,28H,6,8,10-11H2,1H3,(H,29,30). The highest BCUT2D eigenvalue weighted by Gasteiger charge is 2.20. The van der Waals surface area contributed by atoms with E-state index in [0.29, 0.717) is 22.9 Å². The Kier molecular flexibility index (Phi) is 7.68. The lowest BCUT2D eigenvalue weighted by Crippen LogP contribution is -2.35. The zero-order chi connectivity index (χ0) is 23.1. The normalized spacial score (nSPS) is 10.6. The molecule has 0 aliphatic heterocycles. The summed E-state index contributed by atoms with van der Waals surface area (Å²) in [6.07, 6.45) is 2.05. The van der Waals surface area contributed by atoms with Crippen LogP contribution in [0.4, 0.5) is 5.69 Å². The van der Waals surface area contributed by atoms with Gasteiger partial charge < -0.3 is 19.8 Å². The lowest BCUT2D eigenvalue weighted by Gasteiger charge is -2.23. The highest BCUT2D eigenvalue weighted by Crippen LogP contribution is 2.27. The van der Waals surface area contributed by atoms with Gasteiger partial charge >= 0.3 is 5.97 Å². The first-order valence-corrected chi connectivity index (χ1v) is 10.4. The molecule has 0 spiro atoms. The van der Waals surface area contributed by atoms with Crippen LogP contribution in [0.2, 0.25) is 5.02 Å². The molecule has 0 radical (unpaired) electrons. The molecule has 0 fully saturated rings. The number of nitrogens with zero attached hydrogens (tertiary/aromatic N) is 2. The first-order valence-electron chi connectivity index (χ1n) is 10.00. The summed E-state index contributed by atoms with van der Waals surface area (Å²) < 4.78 is 5.84. The smallest absolute Gasteiger partial charge is 0.303 e. The van der Waals surface area contributed by atoms with E-state index in [0.717, 1.165) is 11.1 Å². The third kappa shape index (κ3) is 6.21. The number of benzene rings is 2. The SMILES string of the molecule is Cc1cc(OCCN(C(=O)c2ccccn2)c2cc(O)cc(Cl)c2)ccc1CCC(=O)O. The molecule has 8 heteroatoms. The highest BCUT2D eigenvalue weighted by atomic mass is 35.5. The Morgan fingerprint density at radius 3 is 2.59 bits per heavy atom. The minimum absolute atomic E-state index is 0.0557. The Morgan fingerprint density at radius 1 is 1.12 bits per heavy atom. The zero-order valence-electron chi connectivity index (χ0n) is 17.5. The maximum atomic E-state index is 13.1. The number of phenolic OH excluding ortho intramolecular Hbond substituents is 1. The summed E-state index contributed by atoms with van der Waals surface area (Å²) in [6.45, 7) is 2.27. The summed E-state index contributed by atoms with van der Waals surface area (Å²) in [5, 5.41) is 19.1. The molecule has 0 aliphatic carbocycles. The Hall–Kier alpha value is -3.58. The summed E-state index contributed by atoms with van der Waals surface area (Å²) in [4.78, 5) is 29.4. The van der Waals surface area contributed by atoms with Gasteiger partial charge in [0.05, 0.1) is 6.54 Å². The lowest BCUT2D eigenvalue weighted by atomic mass is 10.0. The van der Waals surface area contributed by atoms with Crippen LogP contribution in [0.5, 0.6) is 11.5 Å². The van der Waals surface area contributed by atoms with Gasteiger partial charge in [0.15, 0.2) is 0 Å². The van der Waals surface area contributed by atoms with Gasteiger partial charge in [-0.2, -0.15) is 0 Å². The Bertz CT molecular complexity index is 1080. The topological polar surface area (TPSA) is 100.0 Å². The Labute approximate surface area is 190 Å². The van der Waals surface area contributed by atoms with Crippen molar-refractivity contribution in [2.75, 3.05) is 18.1 Å². The molecular weight excluding hydrogens is 432 g/mol. The number of aromatic nitrogens is 1. The number of amides is 1. The van der Waals surface area contributed by atoms with Crippen molar-refractivity contribution in [3.8, 4) is 11.5 Å². The number of ether oxygens (including phenoxy) is 1. The number of rotatable bonds is 9. The molecule has 3 rings (SSSR count). The van der Waals surface area contributed by atoms with Crippen molar-refractivity contribution in [2.45, 2.75) is 19.8 Å². The van der Waals surface area contributed by atoms with Gasteiger partial charge in [0, 0.05) is 29.4 Å². The van der Waals surface area contributed by atoms with E-state index in [-0.39, 0.29) is 36.9 Å². The van der Waals surface area contributed by atoms with E-state index in [1.165, 1.54) is 23.2 Å². The number of aliphatic carboxylic acids is 1. The predicted octanol–water partition coefficient (Wildman–Crippen LogP) is 4.49. The monoisotopic (exact) mass is 454 g/mol. The number of phenols is 1. The van der Waals surface area contributed by atoms with Crippen molar-refractivity contribution in [1.29, 1.82) is 0 Å². The van der Waals surface area contributed by atoms with E-state index >= 15 is 0 Å². The number of carbonyl (C=O) groups excluding carboxylic acids is 1. The molecule has 2 aromatic carbocycles. The van der Waals surface area contributed by atoms with E-state index in [2.05, 4.69) is 4.98 Å². The fourth-order valence-electron chi connectivity index (χ4n) is 3.23. The highest BCUT2D eigenvalue weighted by molar-refractivity contribution is 6.31. The van der Waals surface area contributed by atoms with Crippen LogP contribution in [0.3, 0.4) is 0 Å². The molecule has 0 unspecified atom stereocenters. The summed E-state index contributed by atoms with van der Waals surface area (Å²) in [7, 11) is 0. The maximum Gasteiger partial charge on any atom is 0.303 e. The average molecular weight is 455 g/mol. The fourth-order valence-corrected chi connectivity index (χ4v) is 3.45. The summed E-state index contributed by atoms with van der Waals surface area (Å²) in [5.74, 6) is -0.633. The van der Waals surface area contributed by atoms with Crippen molar-refractivity contribution in [3.63, 3.8) is 0 Å². The Balaban J connectivity index is 1.73. The van der Waals surface area contributed by atoms with E-state index in [4.69, 9.17) is 21.4 Å². The minimum atomic E-state index is -0.838. The zero-order valence-corrected chi connectivity index (χ0v) is 18.2. The molecule has 0 bridgehead atoms. The molecule has 3 aromatic rings. The van der Waals surface area contributed by atoms with E-state index in [1.807, 2.05) is 19.1 Å². The van der Waals surface area contributed by atoms with Gasteiger partial charge in [0.2, 0.25) is 0 Å². The molecule has 2 N–H and O–H groups in total. The van der Waals surface area contributed by atoms with Crippen LogP contribution >= 0.6 is 11.6 Å². The van der Waals surface area contributed by atoms with Crippen molar-refractivity contribution in [2.24, 2.45) is 0 Å². The van der Waals surface area contributed by atoms with Crippen molar-refractivity contribution >= 4 is 29.2 Å². The molecule has 32 heavy (non-hydrogen) atoms. The first kappa shape index (κ1) is 23.1. The number of hydrogen-bond donors (Lipinski definition) is 2. The van der Waals surface area contributed by atoms with Gasteiger partial charge in [-0.05, 0) is 60.9 Å². The first-order chi connectivity index (χ1) is 15.3. The van der Waals surface area contributed by atoms with Crippen LogP contribution in [-0.4, -0.2) is 40.2 Å². The van der Waals surface area contributed by atoms with Gasteiger partial charge in [-0.15, -0.1) is 0 Å². The lowest BCUT2D eigenvalue weighted by molar-refractivity contribution is -0.136. The number of anilines is 1. The maximum absolute atomic E-state index is 13.1. The van der Waals surface area contributed by atoms with Crippen LogP contribution in [0, 0.1) is 6.92 Å².